The molecule has 0 fully saturated rings. The van der Waals surface area contributed by atoms with Gasteiger partial charge in [0.05, 0.1) is 5.69 Å². The molecule has 3 heteroatoms. The molecule has 0 aliphatic rings. The molecule has 4 rings (SSSR count). The molecular formula is C17H12N2O. The molecule has 0 N–H and O–H groups in total. The van der Waals surface area contributed by atoms with Gasteiger partial charge >= 0.3 is 0 Å². The van der Waals surface area contributed by atoms with E-state index < -0.39 is 6.85 Å². The van der Waals surface area contributed by atoms with Crippen LogP contribution in [0.15, 0.2) is 59.3 Å². The first-order chi connectivity index (χ1) is 11.0. The molecular weight excluding hydrogens is 248 g/mol. The SMILES string of the molecule is [2H]C([2H])([2H])c1ccc(-c2cccc3c2oc2ncccc23)nc1. The number of hydrogen-bond acceptors (Lipinski definition) is 3. The Morgan fingerprint density at radius 2 is 1.95 bits per heavy atom. The van der Waals surface area contributed by atoms with Crippen molar-refractivity contribution in [2.45, 2.75) is 6.85 Å². The summed E-state index contributed by atoms with van der Waals surface area (Å²) in [6.45, 7) is -2.15. The summed E-state index contributed by atoms with van der Waals surface area (Å²) in [5.41, 5.74) is 2.99. The second kappa shape index (κ2) is 4.17. The van der Waals surface area contributed by atoms with Gasteiger partial charge in [-0.1, -0.05) is 18.2 Å². The van der Waals surface area contributed by atoms with Crippen LogP contribution in [-0.4, -0.2) is 9.97 Å². The Morgan fingerprint density at radius 3 is 2.80 bits per heavy atom. The molecule has 1 aromatic carbocycles. The third kappa shape index (κ3) is 1.60. The van der Waals surface area contributed by atoms with E-state index in [1.165, 1.54) is 6.20 Å². The van der Waals surface area contributed by atoms with Crippen LogP contribution in [0, 0.1) is 6.85 Å². The maximum absolute atomic E-state index is 7.42. The minimum absolute atomic E-state index is 0.222. The number of fused-ring (bicyclic) bond motifs is 3. The van der Waals surface area contributed by atoms with Gasteiger partial charge in [-0.2, -0.15) is 0 Å². The molecule has 0 atom stereocenters. The summed E-state index contributed by atoms with van der Waals surface area (Å²) in [6, 6.07) is 12.9. The minimum atomic E-state index is -2.15. The Kier molecular flexibility index (Phi) is 1.77. The molecule has 3 heterocycles. The summed E-state index contributed by atoms with van der Waals surface area (Å²) >= 11 is 0. The highest BCUT2D eigenvalue weighted by atomic mass is 16.3. The number of nitrogens with zero attached hydrogens (tertiary/aromatic N) is 2. The van der Waals surface area contributed by atoms with Crippen LogP contribution in [0.3, 0.4) is 0 Å². The summed E-state index contributed by atoms with van der Waals surface area (Å²) in [5.74, 6) is 0. The molecule has 3 nitrogen and oxygen atoms in total. The fourth-order valence-corrected chi connectivity index (χ4v) is 2.39. The summed E-state index contributed by atoms with van der Waals surface area (Å²) in [4.78, 5) is 8.53. The monoisotopic (exact) mass is 263 g/mol. The zero-order valence-corrected chi connectivity index (χ0v) is 10.5. The summed E-state index contributed by atoms with van der Waals surface area (Å²) in [6.07, 6.45) is 3.08. The van der Waals surface area contributed by atoms with Crippen LogP contribution >= 0.6 is 0 Å². The van der Waals surface area contributed by atoms with E-state index in [1.807, 2.05) is 30.3 Å². The molecule has 0 amide bonds. The Hall–Kier alpha value is -2.68. The van der Waals surface area contributed by atoms with Gasteiger partial charge in [-0.25, -0.2) is 4.98 Å². The van der Waals surface area contributed by atoms with E-state index in [2.05, 4.69) is 9.97 Å². The average Bonchev–Trinajstić information content (AvgIpc) is 2.93. The lowest BCUT2D eigenvalue weighted by molar-refractivity contribution is 0.655. The van der Waals surface area contributed by atoms with Gasteiger partial charge in [0.2, 0.25) is 5.71 Å². The zero-order valence-electron chi connectivity index (χ0n) is 13.5. The van der Waals surface area contributed by atoms with Crippen molar-refractivity contribution in [3.8, 4) is 11.3 Å². The lowest BCUT2D eigenvalue weighted by atomic mass is 10.1. The molecule has 0 saturated heterocycles. The van der Waals surface area contributed by atoms with Gasteiger partial charge in [0, 0.05) is 32.8 Å². The van der Waals surface area contributed by atoms with Gasteiger partial charge in [-0.15, -0.1) is 0 Å². The van der Waals surface area contributed by atoms with Crippen molar-refractivity contribution in [2.24, 2.45) is 0 Å². The van der Waals surface area contributed by atoms with E-state index in [9.17, 15) is 0 Å². The predicted octanol–water partition coefficient (Wildman–Crippen LogP) is 4.35. The molecule has 0 aliphatic carbocycles. The van der Waals surface area contributed by atoms with Crippen molar-refractivity contribution in [2.75, 3.05) is 0 Å². The standard InChI is InChI=1S/C17H12N2O/c1-11-7-8-15(19-10-11)14-5-2-4-12-13-6-3-9-18-17(13)20-16(12)14/h2-10H,1H3/i1D3. The zero-order chi connectivity index (χ0) is 16.0. The molecule has 3 aromatic heterocycles. The van der Waals surface area contributed by atoms with Crippen molar-refractivity contribution < 1.29 is 8.53 Å². The molecule has 0 saturated carbocycles. The van der Waals surface area contributed by atoms with Crippen LogP contribution < -0.4 is 0 Å². The quantitative estimate of drug-likeness (QED) is 0.512. The Bertz CT molecular complexity index is 1000. The third-order valence-corrected chi connectivity index (χ3v) is 3.31. The van der Waals surface area contributed by atoms with E-state index in [0.29, 0.717) is 17.0 Å². The summed E-state index contributed by atoms with van der Waals surface area (Å²) in [5, 5.41) is 1.91. The molecule has 0 bridgehead atoms. The molecule has 0 spiro atoms. The van der Waals surface area contributed by atoms with Gasteiger partial charge < -0.3 is 4.42 Å². The minimum Gasteiger partial charge on any atom is -0.437 e. The molecule has 0 radical (unpaired) electrons. The maximum atomic E-state index is 7.42. The summed E-state index contributed by atoms with van der Waals surface area (Å²) in [7, 11) is 0. The van der Waals surface area contributed by atoms with Crippen LogP contribution in [0.5, 0.6) is 0 Å². The molecule has 0 aliphatic heterocycles. The lowest BCUT2D eigenvalue weighted by Gasteiger charge is -2.01. The molecule has 20 heavy (non-hydrogen) atoms. The van der Waals surface area contributed by atoms with E-state index >= 15 is 0 Å². The van der Waals surface area contributed by atoms with E-state index in [1.54, 1.807) is 18.3 Å². The Balaban J connectivity index is 1.92. The van der Waals surface area contributed by atoms with E-state index in [4.69, 9.17) is 8.53 Å². The fourth-order valence-electron chi connectivity index (χ4n) is 2.39. The first kappa shape index (κ1) is 8.48. The highest BCUT2D eigenvalue weighted by Crippen LogP contribution is 2.33. The van der Waals surface area contributed by atoms with Crippen LogP contribution in [0.25, 0.3) is 33.3 Å². The lowest BCUT2D eigenvalue weighted by Crippen LogP contribution is -1.84. The fraction of sp³-hybridized carbons (Fsp3) is 0.0588. The van der Waals surface area contributed by atoms with Crippen molar-refractivity contribution in [3.05, 3.63) is 60.4 Å². The van der Waals surface area contributed by atoms with Crippen molar-refractivity contribution in [1.82, 2.24) is 9.97 Å². The van der Waals surface area contributed by atoms with Gasteiger partial charge in [-0.3, -0.25) is 4.98 Å². The number of aryl methyl sites for hydroxylation is 1. The highest BCUT2D eigenvalue weighted by molar-refractivity contribution is 6.08. The number of para-hydroxylation sites is 1. The molecule has 96 valence electrons. The van der Waals surface area contributed by atoms with Crippen molar-refractivity contribution in [3.63, 3.8) is 0 Å². The number of rotatable bonds is 1. The number of hydrogen-bond donors (Lipinski definition) is 0. The van der Waals surface area contributed by atoms with Crippen LogP contribution in [0.2, 0.25) is 0 Å². The number of furan rings is 1. The van der Waals surface area contributed by atoms with Gasteiger partial charge in [0.1, 0.15) is 5.58 Å². The van der Waals surface area contributed by atoms with Crippen molar-refractivity contribution >= 4 is 22.1 Å². The Labute approximate surface area is 120 Å². The van der Waals surface area contributed by atoms with Crippen LogP contribution in [-0.2, 0) is 0 Å². The topological polar surface area (TPSA) is 38.9 Å². The largest absolute Gasteiger partial charge is 0.437 e. The first-order valence-corrected chi connectivity index (χ1v) is 6.27. The first-order valence-electron chi connectivity index (χ1n) is 7.77. The van der Waals surface area contributed by atoms with E-state index in [0.717, 1.165) is 16.3 Å². The maximum Gasteiger partial charge on any atom is 0.227 e. The van der Waals surface area contributed by atoms with Crippen LogP contribution in [0.1, 0.15) is 9.68 Å². The van der Waals surface area contributed by atoms with E-state index in [-0.39, 0.29) is 5.56 Å². The number of aromatic nitrogens is 2. The Morgan fingerprint density at radius 1 is 1.00 bits per heavy atom. The second-order valence-corrected chi connectivity index (χ2v) is 4.57. The van der Waals surface area contributed by atoms with Gasteiger partial charge in [-0.05, 0) is 36.7 Å². The molecule has 0 unspecified atom stereocenters. The van der Waals surface area contributed by atoms with Crippen LogP contribution in [0.4, 0.5) is 0 Å². The molecule has 4 aromatic rings. The predicted molar refractivity (Wildman–Crippen MR) is 79.5 cm³/mol. The summed E-state index contributed by atoms with van der Waals surface area (Å²) < 4.78 is 28.1. The average molecular weight is 263 g/mol. The van der Waals surface area contributed by atoms with Gasteiger partial charge in [0.25, 0.3) is 0 Å². The number of pyridine rings is 2. The third-order valence-electron chi connectivity index (χ3n) is 3.31. The normalized spacial score (nSPS) is 14.1. The highest BCUT2D eigenvalue weighted by Gasteiger charge is 2.12. The second-order valence-electron chi connectivity index (χ2n) is 4.57. The number of benzene rings is 1. The van der Waals surface area contributed by atoms with Gasteiger partial charge in [0.15, 0.2) is 0 Å². The smallest absolute Gasteiger partial charge is 0.227 e. The van der Waals surface area contributed by atoms with Crippen molar-refractivity contribution in [1.29, 1.82) is 0 Å².